The average Bonchev–Trinajstić information content (AvgIpc) is 3.57. The highest BCUT2D eigenvalue weighted by Crippen LogP contribution is 2.45. The highest BCUT2D eigenvalue weighted by atomic mass is 19.4. The van der Waals surface area contributed by atoms with E-state index in [1.54, 1.807) is 12.1 Å². The van der Waals surface area contributed by atoms with Crippen molar-refractivity contribution in [3.63, 3.8) is 0 Å². The van der Waals surface area contributed by atoms with E-state index in [-0.39, 0.29) is 23.3 Å². The largest absolute Gasteiger partial charge is 0.472 e. The molecular formula is C21H20F4N2O. The quantitative estimate of drug-likeness (QED) is 0.709. The van der Waals surface area contributed by atoms with Crippen LogP contribution in [0.2, 0.25) is 0 Å². The van der Waals surface area contributed by atoms with Gasteiger partial charge in [-0.05, 0) is 55.5 Å². The van der Waals surface area contributed by atoms with E-state index in [4.69, 9.17) is 0 Å². The lowest BCUT2D eigenvalue weighted by Crippen LogP contribution is -2.38. The van der Waals surface area contributed by atoms with Gasteiger partial charge < -0.3 is 5.32 Å². The van der Waals surface area contributed by atoms with E-state index in [0.717, 1.165) is 13.0 Å². The summed E-state index contributed by atoms with van der Waals surface area (Å²) in [5.74, 6) is -2.29. The Balaban J connectivity index is 1.64. The van der Waals surface area contributed by atoms with Gasteiger partial charge in [0.15, 0.2) is 5.82 Å². The SMILES string of the molecule is O=C(N(c1ccccc1)c1cccc(C2CC2NCC2CC2)c1F)C(F)(F)F. The molecule has 148 valence electrons. The first-order chi connectivity index (χ1) is 13.4. The van der Waals surface area contributed by atoms with Crippen LogP contribution in [-0.2, 0) is 4.79 Å². The third-order valence-electron chi connectivity index (χ3n) is 5.26. The number of benzene rings is 2. The third kappa shape index (κ3) is 3.90. The van der Waals surface area contributed by atoms with E-state index in [1.165, 1.54) is 49.2 Å². The lowest BCUT2D eigenvalue weighted by Gasteiger charge is -2.25. The molecular weight excluding hydrogens is 372 g/mol. The highest BCUT2D eigenvalue weighted by Gasteiger charge is 2.46. The van der Waals surface area contributed by atoms with Crippen LogP contribution in [0.1, 0.15) is 30.7 Å². The number of hydrogen-bond donors (Lipinski definition) is 1. The molecule has 2 unspecified atom stereocenters. The van der Waals surface area contributed by atoms with Crippen molar-refractivity contribution in [3.05, 3.63) is 59.9 Å². The molecule has 0 saturated heterocycles. The zero-order chi connectivity index (χ0) is 19.9. The second-order valence-electron chi connectivity index (χ2n) is 7.45. The number of para-hydroxylation sites is 1. The second-order valence-corrected chi connectivity index (χ2v) is 7.45. The molecule has 1 amide bonds. The predicted molar refractivity (Wildman–Crippen MR) is 97.9 cm³/mol. The Kier molecular flexibility index (Phi) is 4.87. The summed E-state index contributed by atoms with van der Waals surface area (Å²) in [7, 11) is 0. The van der Waals surface area contributed by atoms with Crippen LogP contribution < -0.4 is 10.2 Å². The van der Waals surface area contributed by atoms with Crippen LogP contribution in [0.25, 0.3) is 0 Å². The van der Waals surface area contributed by atoms with Gasteiger partial charge in [-0.15, -0.1) is 0 Å². The van der Waals surface area contributed by atoms with Crippen molar-refractivity contribution >= 4 is 17.3 Å². The molecule has 7 heteroatoms. The van der Waals surface area contributed by atoms with Crippen molar-refractivity contribution in [1.29, 1.82) is 0 Å². The molecule has 3 nitrogen and oxygen atoms in total. The van der Waals surface area contributed by atoms with Gasteiger partial charge in [-0.2, -0.15) is 13.2 Å². The van der Waals surface area contributed by atoms with Crippen LogP contribution in [0.15, 0.2) is 48.5 Å². The summed E-state index contributed by atoms with van der Waals surface area (Å²) in [5.41, 5.74) is -0.0550. The van der Waals surface area contributed by atoms with Gasteiger partial charge in [0.2, 0.25) is 0 Å². The van der Waals surface area contributed by atoms with Gasteiger partial charge in [-0.1, -0.05) is 30.3 Å². The lowest BCUT2D eigenvalue weighted by atomic mass is 10.1. The number of hydrogen-bond acceptors (Lipinski definition) is 2. The van der Waals surface area contributed by atoms with Crippen LogP contribution in [0.4, 0.5) is 28.9 Å². The van der Waals surface area contributed by atoms with Crippen LogP contribution in [0.5, 0.6) is 0 Å². The minimum absolute atomic E-state index is 0.0277. The Morgan fingerprint density at radius 2 is 1.79 bits per heavy atom. The number of carbonyl (C=O) groups is 1. The third-order valence-corrected chi connectivity index (χ3v) is 5.26. The summed E-state index contributed by atoms with van der Waals surface area (Å²) < 4.78 is 54.8. The Labute approximate surface area is 160 Å². The number of rotatable bonds is 6. The summed E-state index contributed by atoms with van der Waals surface area (Å²) in [5, 5.41) is 3.39. The summed E-state index contributed by atoms with van der Waals surface area (Å²) in [4.78, 5) is 12.5. The van der Waals surface area contributed by atoms with Gasteiger partial charge in [-0.3, -0.25) is 9.69 Å². The summed E-state index contributed by atoms with van der Waals surface area (Å²) in [6, 6.07) is 11.8. The molecule has 2 atom stereocenters. The van der Waals surface area contributed by atoms with Crippen LogP contribution >= 0.6 is 0 Å². The van der Waals surface area contributed by atoms with Gasteiger partial charge in [0.25, 0.3) is 0 Å². The van der Waals surface area contributed by atoms with E-state index in [0.29, 0.717) is 16.4 Å². The highest BCUT2D eigenvalue weighted by molar-refractivity contribution is 6.03. The Hall–Kier alpha value is -2.41. The predicted octanol–water partition coefficient (Wildman–Crippen LogP) is 4.91. The molecule has 2 fully saturated rings. The topological polar surface area (TPSA) is 32.3 Å². The number of anilines is 2. The molecule has 0 aromatic heterocycles. The Morgan fingerprint density at radius 3 is 2.43 bits per heavy atom. The van der Waals surface area contributed by atoms with Gasteiger partial charge in [0.05, 0.1) is 5.69 Å². The van der Waals surface area contributed by atoms with E-state index in [1.807, 2.05) is 0 Å². The van der Waals surface area contributed by atoms with E-state index in [9.17, 15) is 18.0 Å². The van der Waals surface area contributed by atoms with Gasteiger partial charge in [0.1, 0.15) is 0 Å². The smallest absolute Gasteiger partial charge is 0.313 e. The summed E-state index contributed by atoms with van der Waals surface area (Å²) in [6.45, 7) is 0.894. The first-order valence-corrected chi connectivity index (χ1v) is 9.34. The van der Waals surface area contributed by atoms with Crippen LogP contribution in [-0.4, -0.2) is 24.7 Å². The van der Waals surface area contributed by atoms with Gasteiger partial charge in [-0.25, -0.2) is 4.39 Å². The molecule has 2 saturated carbocycles. The van der Waals surface area contributed by atoms with Crippen molar-refractivity contribution in [2.45, 2.75) is 37.4 Å². The average molecular weight is 392 g/mol. The molecule has 2 aliphatic rings. The first kappa shape index (κ1) is 18.9. The second kappa shape index (κ2) is 7.20. The lowest BCUT2D eigenvalue weighted by molar-refractivity contribution is -0.169. The van der Waals surface area contributed by atoms with Crippen molar-refractivity contribution < 1.29 is 22.4 Å². The van der Waals surface area contributed by atoms with Crippen LogP contribution in [0.3, 0.4) is 0 Å². The molecule has 4 rings (SSSR count). The van der Waals surface area contributed by atoms with Crippen molar-refractivity contribution in [1.82, 2.24) is 5.32 Å². The molecule has 0 aliphatic heterocycles. The maximum absolute atomic E-state index is 15.2. The number of alkyl halides is 3. The summed E-state index contributed by atoms with van der Waals surface area (Å²) in [6.07, 6.45) is -1.96. The van der Waals surface area contributed by atoms with Crippen molar-refractivity contribution in [2.24, 2.45) is 5.92 Å². The molecule has 0 spiro atoms. The minimum atomic E-state index is -5.12. The first-order valence-electron chi connectivity index (χ1n) is 9.34. The molecule has 2 aliphatic carbocycles. The van der Waals surface area contributed by atoms with Gasteiger partial charge >= 0.3 is 12.1 Å². The van der Waals surface area contributed by atoms with Crippen molar-refractivity contribution in [3.8, 4) is 0 Å². The molecule has 0 heterocycles. The summed E-state index contributed by atoms with van der Waals surface area (Å²) >= 11 is 0. The van der Waals surface area contributed by atoms with Crippen molar-refractivity contribution in [2.75, 3.05) is 11.4 Å². The zero-order valence-electron chi connectivity index (χ0n) is 15.0. The van der Waals surface area contributed by atoms with Crippen LogP contribution in [0, 0.1) is 11.7 Å². The number of nitrogens with zero attached hydrogens (tertiary/aromatic N) is 1. The Morgan fingerprint density at radius 1 is 1.07 bits per heavy atom. The zero-order valence-corrected chi connectivity index (χ0v) is 15.0. The maximum atomic E-state index is 15.2. The molecule has 28 heavy (non-hydrogen) atoms. The Bertz CT molecular complexity index is 864. The normalized spacial score (nSPS) is 21.4. The molecule has 1 N–H and O–H groups in total. The van der Waals surface area contributed by atoms with E-state index < -0.39 is 17.9 Å². The fraction of sp³-hybridized carbons (Fsp3) is 0.381. The fourth-order valence-electron chi connectivity index (χ4n) is 3.47. The molecule has 0 bridgehead atoms. The molecule has 2 aromatic carbocycles. The maximum Gasteiger partial charge on any atom is 0.472 e. The number of carbonyl (C=O) groups excluding carboxylic acids is 1. The molecule has 2 aromatic rings. The number of halogens is 4. The number of nitrogens with one attached hydrogen (secondary N) is 1. The van der Waals surface area contributed by atoms with E-state index >= 15 is 4.39 Å². The van der Waals surface area contributed by atoms with Gasteiger partial charge in [0, 0.05) is 17.6 Å². The number of amides is 1. The standard InChI is InChI=1S/C21H20F4N2O/c22-19-15(16-11-17(16)26-12-13-9-10-13)7-4-8-18(19)27(20(28)21(23,24)25)14-5-2-1-3-6-14/h1-8,13,16-17,26H,9-12H2. The monoisotopic (exact) mass is 392 g/mol. The van der Waals surface area contributed by atoms with E-state index in [2.05, 4.69) is 5.32 Å². The fourth-order valence-corrected chi connectivity index (χ4v) is 3.47. The minimum Gasteiger partial charge on any atom is -0.313 e. The molecule has 0 radical (unpaired) electrons.